The number of alkyl carbamates (subject to hydrolysis) is 1. The number of hydrogen-bond acceptors (Lipinski definition) is 6. The van der Waals surface area contributed by atoms with Crippen molar-refractivity contribution in [3.63, 3.8) is 0 Å². The first-order valence-corrected chi connectivity index (χ1v) is 11.6. The van der Waals surface area contributed by atoms with Crippen molar-refractivity contribution in [1.82, 2.24) is 15.6 Å². The molecule has 2 atom stereocenters. The van der Waals surface area contributed by atoms with Crippen LogP contribution in [0.5, 0.6) is 0 Å². The van der Waals surface area contributed by atoms with Crippen LogP contribution in [0, 0.1) is 11.4 Å². The Hall–Kier alpha value is -4.01. The van der Waals surface area contributed by atoms with Gasteiger partial charge in [0.1, 0.15) is 19.2 Å². The second-order valence-corrected chi connectivity index (χ2v) is 8.80. The average molecular weight is 478 g/mol. The number of Topliss-reactive ketones (excluding diaryl/α,β-unsaturated/α-hetero) is 1. The minimum absolute atomic E-state index is 0.0787. The normalized spacial score (nSPS) is 12.7. The van der Waals surface area contributed by atoms with E-state index in [0.29, 0.717) is 6.42 Å². The zero-order valence-corrected chi connectivity index (χ0v) is 19.9. The maximum Gasteiger partial charge on any atom is 0.408 e. The highest BCUT2D eigenvalue weighted by molar-refractivity contribution is 5.94. The number of hydrogen-bond donors (Lipinski definition) is 4. The monoisotopic (exact) mass is 477 g/mol. The topological polar surface area (TPSA) is 136 Å². The van der Waals surface area contributed by atoms with E-state index in [-0.39, 0.29) is 31.3 Å². The van der Waals surface area contributed by atoms with Crippen LogP contribution >= 0.6 is 0 Å². The molecule has 0 radical (unpaired) electrons. The van der Waals surface area contributed by atoms with E-state index in [9.17, 15) is 14.4 Å². The zero-order chi connectivity index (χ0) is 25.2. The first-order chi connectivity index (χ1) is 16.9. The summed E-state index contributed by atoms with van der Waals surface area (Å²) in [4.78, 5) is 41.5. The van der Waals surface area contributed by atoms with Gasteiger partial charge in [-0.3, -0.25) is 9.59 Å². The maximum atomic E-state index is 13.2. The molecule has 1 heterocycles. The highest BCUT2D eigenvalue weighted by Crippen LogP contribution is 2.19. The van der Waals surface area contributed by atoms with Gasteiger partial charge in [0.2, 0.25) is 5.91 Å². The molecule has 2 aromatic carbocycles. The number of carbonyl (C=O) groups is 3. The zero-order valence-electron chi connectivity index (χ0n) is 19.9. The van der Waals surface area contributed by atoms with E-state index in [4.69, 9.17) is 10.3 Å². The quantitative estimate of drug-likeness (QED) is 0.291. The molecule has 0 aliphatic carbocycles. The highest BCUT2D eigenvalue weighted by atomic mass is 16.5. The fourth-order valence-electron chi connectivity index (χ4n) is 3.84. The van der Waals surface area contributed by atoms with Crippen molar-refractivity contribution in [3.05, 3.63) is 71.9 Å². The molecule has 0 saturated heterocycles. The van der Waals surface area contributed by atoms with Gasteiger partial charge in [0.15, 0.2) is 5.78 Å². The number of fused-ring (bicyclic) bond motifs is 1. The van der Waals surface area contributed by atoms with Crippen molar-refractivity contribution in [2.45, 2.75) is 45.4 Å². The lowest BCUT2D eigenvalue weighted by molar-refractivity contribution is -0.128. The third-order valence-corrected chi connectivity index (χ3v) is 5.57. The summed E-state index contributed by atoms with van der Waals surface area (Å²) in [5.41, 5.74) is 9.70. The average Bonchev–Trinajstić information content (AvgIpc) is 3.25. The summed E-state index contributed by atoms with van der Waals surface area (Å²) in [5, 5.41) is 9.55. The number of nitrogens with one attached hydrogen (secondary N) is 4. The van der Waals surface area contributed by atoms with Crippen LogP contribution in [-0.4, -0.2) is 41.4 Å². The lowest BCUT2D eigenvalue weighted by Crippen LogP contribution is -2.53. The van der Waals surface area contributed by atoms with Crippen LogP contribution in [-0.2, 0) is 27.4 Å². The van der Waals surface area contributed by atoms with Crippen molar-refractivity contribution in [2.75, 3.05) is 6.54 Å². The van der Waals surface area contributed by atoms with Crippen LogP contribution in [0.4, 0.5) is 4.79 Å². The van der Waals surface area contributed by atoms with E-state index >= 15 is 0 Å². The molecule has 4 N–H and O–H groups in total. The van der Waals surface area contributed by atoms with Gasteiger partial charge < -0.3 is 20.4 Å². The number of H-pyrrole nitrogens is 1. The number of carbonyl (C=O) groups excluding carboxylic acids is 3. The second-order valence-electron chi connectivity index (χ2n) is 8.80. The van der Waals surface area contributed by atoms with Crippen molar-refractivity contribution in [1.29, 1.82) is 5.53 Å². The van der Waals surface area contributed by atoms with Gasteiger partial charge in [0.05, 0.1) is 6.04 Å². The molecule has 1 aromatic heterocycles. The third-order valence-electron chi connectivity index (χ3n) is 5.57. The van der Waals surface area contributed by atoms with Crippen LogP contribution in [0.1, 0.15) is 31.4 Å². The molecule has 2 unspecified atom stereocenters. The van der Waals surface area contributed by atoms with Gasteiger partial charge in [0, 0.05) is 23.5 Å². The molecule has 3 aromatic rings. The smallest absolute Gasteiger partial charge is 0.408 e. The molecule has 0 aliphatic heterocycles. The molecule has 0 spiro atoms. The SMILES string of the molecule is CC(C)CC(NC(=O)OCc1ccccc1)C(=O)NC(Cc1c[nH]c2ccccc12)C(=O)CN=N. The molecule has 35 heavy (non-hydrogen) atoms. The first kappa shape index (κ1) is 25.6. The van der Waals surface area contributed by atoms with Crippen LogP contribution in [0.3, 0.4) is 0 Å². The van der Waals surface area contributed by atoms with Gasteiger partial charge in [-0.15, -0.1) is 0 Å². The molecule has 9 nitrogen and oxygen atoms in total. The first-order valence-electron chi connectivity index (χ1n) is 11.6. The van der Waals surface area contributed by atoms with Crippen molar-refractivity contribution < 1.29 is 19.1 Å². The Balaban J connectivity index is 1.70. The Kier molecular flexibility index (Phi) is 9.11. The molecule has 0 aliphatic rings. The highest BCUT2D eigenvalue weighted by Gasteiger charge is 2.28. The van der Waals surface area contributed by atoms with E-state index in [2.05, 4.69) is 20.7 Å². The molecule has 3 rings (SSSR count). The minimum Gasteiger partial charge on any atom is -0.445 e. The Bertz CT molecular complexity index is 1160. The molecular formula is C26H31N5O4. The number of ketones is 1. The van der Waals surface area contributed by atoms with Crippen LogP contribution in [0.25, 0.3) is 10.9 Å². The number of ether oxygens (including phenoxy) is 1. The van der Waals surface area contributed by atoms with E-state index < -0.39 is 24.1 Å². The number of benzene rings is 2. The lowest BCUT2D eigenvalue weighted by atomic mass is 9.99. The van der Waals surface area contributed by atoms with Crippen molar-refractivity contribution in [2.24, 2.45) is 11.0 Å². The molecule has 0 bridgehead atoms. The largest absolute Gasteiger partial charge is 0.445 e. The number of nitrogens with zero attached hydrogens (tertiary/aromatic N) is 1. The van der Waals surface area contributed by atoms with Crippen molar-refractivity contribution in [3.8, 4) is 0 Å². The van der Waals surface area contributed by atoms with E-state index in [1.54, 1.807) is 6.20 Å². The Morgan fingerprint density at radius 2 is 1.71 bits per heavy atom. The van der Waals surface area contributed by atoms with Crippen LogP contribution in [0.15, 0.2) is 65.9 Å². The molecular weight excluding hydrogens is 446 g/mol. The standard InChI is InChI=1S/C26H31N5O4/c1-17(2)12-23(31-26(34)35-16-18-8-4-3-5-9-18)25(33)30-22(24(32)15-29-27)13-19-14-28-21-11-7-6-10-20(19)21/h3-11,14,17,22-23,27-28H,12-13,15-16H2,1-2H3,(H,30,33)(H,31,34). The number of rotatable bonds is 12. The number of aromatic nitrogens is 1. The lowest BCUT2D eigenvalue weighted by Gasteiger charge is -2.23. The van der Waals surface area contributed by atoms with Gasteiger partial charge in [-0.2, -0.15) is 5.11 Å². The van der Waals surface area contributed by atoms with Crippen molar-refractivity contribution >= 4 is 28.7 Å². The van der Waals surface area contributed by atoms with E-state index in [1.165, 1.54) is 0 Å². The minimum atomic E-state index is -0.896. The predicted octanol–water partition coefficient (Wildman–Crippen LogP) is 4.14. The van der Waals surface area contributed by atoms with E-state index in [0.717, 1.165) is 22.0 Å². The van der Waals surface area contributed by atoms with Gasteiger partial charge in [0.25, 0.3) is 0 Å². The summed E-state index contributed by atoms with van der Waals surface area (Å²) in [5.74, 6) is -0.765. The maximum absolute atomic E-state index is 13.2. The van der Waals surface area contributed by atoms with Gasteiger partial charge in [-0.25, -0.2) is 10.3 Å². The molecule has 0 fully saturated rings. The number of para-hydroxylation sites is 1. The van der Waals surface area contributed by atoms with Gasteiger partial charge in [-0.05, 0) is 29.5 Å². The molecule has 2 amide bonds. The van der Waals surface area contributed by atoms with E-state index in [1.807, 2.05) is 68.4 Å². The fourth-order valence-corrected chi connectivity index (χ4v) is 3.84. The summed E-state index contributed by atoms with van der Waals surface area (Å²) in [7, 11) is 0. The molecule has 9 heteroatoms. The number of aromatic amines is 1. The third kappa shape index (κ3) is 7.49. The van der Waals surface area contributed by atoms with Gasteiger partial charge >= 0.3 is 6.09 Å². The summed E-state index contributed by atoms with van der Waals surface area (Å²) in [6.07, 6.45) is 1.69. The second kappa shape index (κ2) is 12.5. The Morgan fingerprint density at radius 3 is 2.43 bits per heavy atom. The molecule has 184 valence electrons. The van der Waals surface area contributed by atoms with Crippen LogP contribution < -0.4 is 10.6 Å². The predicted molar refractivity (Wildman–Crippen MR) is 132 cm³/mol. The Labute approximate surface area is 204 Å². The summed E-state index contributed by atoms with van der Waals surface area (Å²) in [6.45, 7) is 3.61. The molecule has 0 saturated carbocycles. The Morgan fingerprint density at radius 1 is 1.00 bits per heavy atom. The fraction of sp³-hybridized carbons (Fsp3) is 0.346. The van der Waals surface area contributed by atoms with Crippen LogP contribution in [0.2, 0.25) is 0 Å². The summed E-state index contributed by atoms with van der Waals surface area (Å²) in [6, 6.07) is 15.1. The summed E-state index contributed by atoms with van der Waals surface area (Å²) < 4.78 is 5.27. The van der Waals surface area contributed by atoms with Gasteiger partial charge in [-0.1, -0.05) is 62.4 Å². The summed E-state index contributed by atoms with van der Waals surface area (Å²) >= 11 is 0. The number of amides is 2.